The molecule has 1 aromatic rings. The van der Waals surface area contributed by atoms with E-state index in [9.17, 15) is 9.50 Å². The van der Waals surface area contributed by atoms with Crippen LogP contribution in [0.4, 0.5) is 10.1 Å². The van der Waals surface area contributed by atoms with Crippen LogP contribution in [-0.4, -0.2) is 30.8 Å². The number of para-hydroxylation sites is 1. The second-order valence-corrected chi connectivity index (χ2v) is 5.41. The molecule has 0 spiro atoms. The maximum atomic E-state index is 14.4. The Morgan fingerprint density at radius 3 is 2.95 bits per heavy atom. The van der Waals surface area contributed by atoms with E-state index < -0.39 is 0 Å². The molecule has 0 saturated carbocycles. The largest absolute Gasteiger partial charge is 0.394 e. The molecule has 0 radical (unpaired) electrons. The lowest BCUT2D eigenvalue weighted by atomic mass is 10.1. The summed E-state index contributed by atoms with van der Waals surface area (Å²) in [4.78, 5) is 2.08. The highest BCUT2D eigenvalue weighted by Crippen LogP contribution is 2.30. The molecule has 3 nitrogen and oxygen atoms in total. The third-order valence-electron chi connectivity index (χ3n) is 4.01. The van der Waals surface area contributed by atoms with Gasteiger partial charge in [-0.1, -0.05) is 31.9 Å². The van der Waals surface area contributed by atoms with Gasteiger partial charge in [-0.25, -0.2) is 4.39 Å². The first-order valence-corrected chi connectivity index (χ1v) is 7.63. The Bertz CT molecular complexity index is 425. The second-order valence-electron chi connectivity index (χ2n) is 5.41. The van der Waals surface area contributed by atoms with E-state index in [1.165, 1.54) is 6.07 Å². The first kappa shape index (κ1) is 15.3. The molecular formula is C16H25FN2O. The van der Waals surface area contributed by atoms with Crippen molar-refractivity contribution in [3.05, 3.63) is 29.6 Å². The summed E-state index contributed by atoms with van der Waals surface area (Å²) < 4.78 is 14.4. The summed E-state index contributed by atoms with van der Waals surface area (Å²) in [5.74, 6) is -0.180. The molecule has 1 unspecified atom stereocenters. The molecule has 112 valence electrons. The standard InChI is InChI=1S/C16H25FN2O/c1-2-18-11-13-7-6-9-15(17)16(13)19-10-5-3-4-8-14(19)12-20/h6-7,9,14,18,20H,2-5,8,10-12H2,1H3. The molecule has 1 aliphatic heterocycles. The fourth-order valence-corrected chi connectivity index (χ4v) is 2.95. The number of benzene rings is 1. The average Bonchev–Trinajstić information content (AvgIpc) is 2.70. The van der Waals surface area contributed by atoms with E-state index in [2.05, 4.69) is 10.2 Å². The van der Waals surface area contributed by atoms with Crippen LogP contribution in [0.2, 0.25) is 0 Å². The van der Waals surface area contributed by atoms with Crippen LogP contribution in [0.1, 0.15) is 38.2 Å². The Labute approximate surface area is 120 Å². The summed E-state index contributed by atoms with van der Waals surface area (Å²) in [6, 6.07) is 5.29. The summed E-state index contributed by atoms with van der Waals surface area (Å²) >= 11 is 0. The molecule has 1 fully saturated rings. The molecule has 4 heteroatoms. The molecule has 0 aliphatic carbocycles. The van der Waals surface area contributed by atoms with Crippen LogP contribution < -0.4 is 10.2 Å². The minimum absolute atomic E-state index is 0.0368. The number of nitrogens with one attached hydrogen (secondary N) is 1. The minimum atomic E-state index is -0.180. The zero-order valence-electron chi connectivity index (χ0n) is 12.2. The third-order valence-corrected chi connectivity index (χ3v) is 4.01. The molecule has 20 heavy (non-hydrogen) atoms. The van der Waals surface area contributed by atoms with Crippen molar-refractivity contribution in [1.29, 1.82) is 0 Å². The zero-order chi connectivity index (χ0) is 14.4. The molecule has 0 bridgehead atoms. The van der Waals surface area contributed by atoms with Gasteiger partial charge >= 0.3 is 0 Å². The maximum Gasteiger partial charge on any atom is 0.146 e. The van der Waals surface area contributed by atoms with Gasteiger partial charge in [0.05, 0.1) is 18.3 Å². The Hall–Kier alpha value is -1.13. The van der Waals surface area contributed by atoms with Crippen molar-refractivity contribution in [3.63, 3.8) is 0 Å². The number of hydrogen-bond acceptors (Lipinski definition) is 3. The molecule has 0 amide bonds. The number of anilines is 1. The fraction of sp³-hybridized carbons (Fsp3) is 0.625. The SMILES string of the molecule is CCNCc1cccc(F)c1N1CCCCCC1CO. The van der Waals surface area contributed by atoms with Gasteiger partial charge in [0.25, 0.3) is 0 Å². The smallest absolute Gasteiger partial charge is 0.146 e. The minimum Gasteiger partial charge on any atom is -0.394 e. The van der Waals surface area contributed by atoms with Crippen molar-refractivity contribution in [2.45, 2.75) is 45.2 Å². The zero-order valence-corrected chi connectivity index (χ0v) is 12.2. The lowest BCUT2D eigenvalue weighted by Gasteiger charge is -2.33. The van der Waals surface area contributed by atoms with Crippen molar-refractivity contribution in [3.8, 4) is 0 Å². The highest BCUT2D eigenvalue weighted by Gasteiger charge is 2.24. The molecule has 1 aromatic carbocycles. The van der Waals surface area contributed by atoms with Crippen molar-refractivity contribution in [1.82, 2.24) is 5.32 Å². The molecule has 0 aromatic heterocycles. The molecule has 1 atom stereocenters. The highest BCUT2D eigenvalue weighted by atomic mass is 19.1. The lowest BCUT2D eigenvalue weighted by Crippen LogP contribution is -2.39. The van der Waals surface area contributed by atoms with Crippen LogP contribution in [-0.2, 0) is 6.54 Å². The van der Waals surface area contributed by atoms with Crippen molar-refractivity contribution < 1.29 is 9.50 Å². The Balaban J connectivity index is 2.32. The lowest BCUT2D eigenvalue weighted by molar-refractivity contribution is 0.254. The van der Waals surface area contributed by atoms with Crippen LogP contribution in [0.15, 0.2) is 18.2 Å². The van der Waals surface area contributed by atoms with Crippen molar-refractivity contribution in [2.24, 2.45) is 0 Å². The maximum absolute atomic E-state index is 14.4. The summed E-state index contributed by atoms with van der Waals surface area (Å²) in [7, 11) is 0. The number of halogens is 1. The van der Waals surface area contributed by atoms with Gasteiger partial charge in [-0.05, 0) is 31.0 Å². The molecule has 1 heterocycles. The first-order chi connectivity index (χ1) is 9.77. The van der Waals surface area contributed by atoms with Crippen LogP contribution in [0, 0.1) is 5.82 Å². The van der Waals surface area contributed by atoms with Crippen LogP contribution in [0.3, 0.4) is 0 Å². The van der Waals surface area contributed by atoms with Gasteiger partial charge in [0.1, 0.15) is 5.82 Å². The highest BCUT2D eigenvalue weighted by molar-refractivity contribution is 5.56. The van der Waals surface area contributed by atoms with Crippen LogP contribution in [0.25, 0.3) is 0 Å². The number of aliphatic hydroxyl groups is 1. The average molecular weight is 280 g/mol. The Morgan fingerprint density at radius 1 is 1.35 bits per heavy atom. The van der Waals surface area contributed by atoms with Gasteiger partial charge in [0.2, 0.25) is 0 Å². The summed E-state index contributed by atoms with van der Waals surface area (Å²) in [5.41, 5.74) is 1.65. The van der Waals surface area contributed by atoms with E-state index in [0.717, 1.165) is 44.3 Å². The summed E-state index contributed by atoms with van der Waals surface area (Å²) in [5, 5.41) is 12.9. The molecular weight excluding hydrogens is 255 g/mol. The van der Waals surface area contributed by atoms with Crippen molar-refractivity contribution >= 4 is 5.69 Å². The Morgan fingerprint density at radius 2 is 2.20 bits per heavy atom. The van der Waals surface area contributed by atoms with E-state index in [4.69, 9.17) is 0 Å². The van der Waals surface area contributed by atoms with Gasteiger partial charge in [0, 0.05) is 13.1 Å². The number of rotatable bonds is 5. The van der Waals surface area contributed by atoms with Gasteiger partial charge < -0.3 is 15.3 Å². The number of hydrogen-bond donors (Lipinski definition) is 2. The molecule has 2 N–H and O–H groups in total. The normalized spacial score (nSPS) is 19.9. The van der Waals surface area contributed by atoms with E-state index in [0.29, 0.717) is 12.2 Å². The number of nitrogens with zero attached hydrogens (tertiary/aromatic N) is 1. The van der Waals surface area contributed by atoms with E-state index >= 15 is 0 Å². The van der Waals surface area contributed by atoms with Gasteiger partial charge in [0.15, 0.2) is 0 Å². The Kier molecular flexibility index (Phi) is 5.80. The van der Waals surface area contributed by atoms with Gasteiger partial charge in [-0.2, -0.15) is 0 Å². The molecule has 1 saturated heterocycles. The molecule has 1 aliphatic rings. The predicted molar refractivity (Wildman–Crippen MR) is 80.5 cm³/mol. The van der Waals surface area contributed by atoms with E-state index in [-0.39, 0.29) is 18.5 Å². The van der Waals surface area contributed by atoms with Gasteiger partial charge in [-0.3, -0.25) is 0 Å². The predicted octanol–water partition coefficient (Wildman–Crippen LogP) is 2.68. The number of aliphatic hydroxyl groups excluding tert-OH is 1. The molecule has 2 rings (SSSR count). The first-order valence-electron chi connectivity index (χ1n) is 7.63. The monoisotopic (exact) mass is 280 g/mol. The summed E-state index contributed by atoms with van der Waals surface area (Å²) in [6.45, 7) is 4.49. The van der Waals surface area contributed by atoms with E-state index in [1.807, 2.05) is 13.0 Å². The van der Waals surface area contributed by atoms with E-state index in [1.54, 1.807) is 6.07 Å². The quantitative estimate of drug-likeness (QED) is 0.870. The van der Waals surface area contributed by atoms with Crippen molar-refractivity contribution in [2.75, 3.05) is 24.6 Å². The summed E-state index contributed by atoms with van der Waals surface area (Å²) in [6.07, 6.45) is 4.26. The third kappa shape index (κ3) is 3.49. The topological polar surface area (TPSA) is 35.5 Å². The fourth-order valence-electron chi connectivity index (χ4n) is 2.95. The van der Waals surface area contributed by atoms with Gasteiger partial charge in [-0.15, -0.1) is 0 Å². The van der Waals surface area contributed by atoms with Crippen LogP contribution in [0.5, 0.6) is 0 Å². The second kappa shape index (κ2) is 7.60. The van der Waals surface area contributed by atoms with Crippen LogP contribution >= 0.6 is 0 Å².